The Balaban J connectivity index is 0.000000240. The lowest BCUT2D eigenvalue weighted by Gasteiger charge is -2.07. The summed E-state index contributed by atoms with van der Waals surface area (Å²) in [7, 11) is 2.49. The number of ether oxygens (including phenoxy) is 2. The smallest absolute Gasteiger partial charge is 0.339 e. The fraction of sp³-hybridized carbons (Fsp3) is 0.222. The van der Waals surface area contributed by atoms with E-state index in [1.165, 1.54) is 14.2 Å². The first-order valence-electron chi connectivity index (χ1n) is 7.13. The third kappa shape index (κ3) is 5.83. The van der Waals surface area contributed by atoms with E-state index < -0.39 is 24.1 Å². The van der Waals surface area contributed by atoms with Crippen LogP contribution in [0.25, 0.3) is 0 Å². The molecule has 2 atom stereocenters. The van der Waals surface area contributed by atoms with Crippen LogP contribution < -0.4 is 0 Å². The third-order valence-corrected chi connectivity index (χ3v) is 3.08. The molecule has 2 rings (SSSR count). The molecule has 0 aliphatic carbocycles. The maximum Gasteiger partial charge on any atom is 0.339 e. The average Bonchev–Trinajstić information content (AvgIpc) is 2.67. The van der Waals surface area contributed by atoms with Gasteiger partial charge in [-0.3, -0.25) is 0 Å². The Morgan fingerprint density at radius 3 is 1.25 bits per heavy atom. The van der Waals surface area contributed by atoms with Crippen LogP contribution in [0.15, 0.2) is 60.7 Å². The minimum absolute atomic E-state index is 0.546. The first-order chi connectivity index (χ1) is 11.5. The lowest BCUT2D eigenvalue weighted by atomic mass is 10.1. The molecule has 1 unspecified atom stereocenters. The maximum absolute atomic E-state index is 10.8. The molecule has 6 nitrogen and oxygen atoms in total. The van der Waals surface area contributed by atoms with E-state index in [2.05, 4.69) is 9.47 Å². The van der Waals surface area contributed by atoms with Crippen LogP contribution in [0.4, 0.5) is 0 Å². The molecule has 0 bridgehead atoms. The van der Waals surface area contributed by atoms with Crippen molar-refractivity contribution >= 4 is 11.9 Å². The molecule has 2 aromatic rings. The zero-order valence-corrected chi connectivity index (χ0v) is 13.5. The second-order valence-electron chi connectivity index (χ2n) is 4.67. The molecule has 0 amide bonds. The molecule has 0 saturated carbocycles. The maximum atomic E-state index is 10.8. The monoisotopic (exact) mass is 332 g/mol. The Kier molecular flexibility index (Phi) is 8.18. The van der Waals surface area contributed by atoms with Crippen LogP contribution in [0.2, 0.25) is 0 Å². The van der Waals surface area contributed by atoms with Gasteiger partial charge < -0.3 is 19.7 Å². The van der Waals surface area contributed by atoms with Gasteiger partial charge in [-0.15, -0.1) is 0 Å². The van der Waals surface area contributed by atoms with Crippen molar-refractivity contribution in [2.45, 2.75) is 12.2 Å². The van der Waals surface area contributed by atoms with Crippen LogP contribution in [0.5, 0.6) is 0 Å². The van der Waals surface area contributed by atoms with E-state index in [0.29, 0.717) is 11.1 Å². The molecule has 0 heterocycles. The van der Waals surface area contributed by atoms with Gasteiger partial charge in [-0.2, -0.15) is 0 Å². The van der Waals surface area contributed by atoms with Gasteiger partial charge in [-0.05, 0) is 11.1 Å². The SMILES string of the molecule is COC(=O)C(O)c1ccccc1.COC(=O)[C@H](O)c1ccccc1. The van der Waals surface area contributed by atoms with Gasteiger partial charge in [0.2, 0.25) is 0 Å². The van der Waals surface area contributed by atoms with Crippen LogP contribution in [0, 0.1) is 0 Å². The number of esters is 2. The first-order valence-corrected chi connectivity index (χ1v) is 7.13. The number of hydrogen-bond donors (Lipinski definition) is 2. The fourth-order valence-electron chi connectivity index (χ4n) is 1.77. The van der Waals surface area contributed by atoms with Gasteiger partial charge in [0.05, 0.1) is 14.2 Å². The highest BCUT2D eigenvalue weighted by Gasteiger charge is 2.17. The zero-order valence-electron chi connectivity index (χ0n) is 13.5. The van der Waals surface area contributed by atoms with Crippen LogP contribution in [0.3, 0.4) is 0 Å². The molecule has 0 aliphatic heterocycles. The summed E-state index contributed by atoms with van der Waals surface area (Å²) in [5, 5.41) is 18.6. The van der Waals surface area contributed by atoms with Crippen molar-refractivity contribution in [3.8, 4) is 0 Å². The highest BCUT2D eigenvalue weighted by Crippen LogP contribution is 2.13. The molecule has 0 aliphatic rings. The molecule has 0 aromatic heterocycles. The molecular weight excluding hydrogens is 312 g/mol. The predicted octanol–water partition coefficient (Wildman–Crippen LogP) is 1.79. The summed E-state index contributed by atoms with van der Waals surface area (Å²) in [5.41, 5.74) is 1.09. The normalized spacial score (nSPS) is 12.2. The zero-order chi connectivity index (χ0) is 17.9. The summed E-state index contributed by atoms with van der Waals surface area (Å²) in [5.74, 6) is -1.28. The van der Waals surface area contributed by atoms with Crippen molar-refractivity contribution in [3.05, 3.63) is 71.8 Å². The van der Waals surface area contributed by atoms with E-state index in [9.17, 15) is 19.8 Å². The molecule has 0 fully saturated rings. The van der Waals surface area contributed by atoms with Gasteiger partial charge in [0.25, 0.3) is 0 Å². The summed E-state index contributed by atoms with van der Waals surface area (Å²) < 4.78 is 8.75. The number of aliphatic hydroxyl groups excluding tert-OH is 2. The van der Waals surface area contributed by atoms with Crippen LogP contribution in [-0.4, -0.2) is 36.4 Å². The molecule has 2 N–H and O–H groups in total. The first kappa shape index (κ1) is 19.3. The highest BCUT2D eigenvalue weighted by molar-refractivity contribution is 5.76. The van der Waals surface area contributed by atoms with Crippen LogP contribution in [0.1, 0.15) is 23.3 Å². The molecule has 24 heavy (non-hydrogen) atoms. The summed E-state index contributed by atoms with van der Waals surface area (Å²) in [4.78, 5) is 21.7. The van der Waals surface area contributed by atoms with Gasteiger partial charge in [0, 0.05) is 0 Å². The molecule has 6 heteroatoms. The summed E-state index contributed by atoms with van der Waals surface area (Å²) in [6.45, 7) is 0. The van der Waals surface area contributed by atoms with Gasteiger partial charge in [-0.25, -0.2) is 9.59 Å². The Bertz CT molecular complexity index is 569. The van der Waals surface area contributed by atoms with Crippen LogP contribution in [-0.2, 0) is 19.1 Å². The van der Waals surface area contributed by atoms with Crippen molar-refractivity contribution < 1.29 is 29.3 Å². The Morgan fingerprint density at radius 2 is 1.00 bits per heavy atom. The van der Waals surface area contributed by atoms with Crippen molar-refractivity contribution in [2.75, 3.05) is 14.2 Å². The topological polar surface area (TPSA) is 93.1 Å². The average molecular weight is 332 g/mol. The van der Waals surface area contributed by atoms with Crippen molar-refractivity contribution in [1.29, 1.82) is 0 Å². The van der Waals surface area contributed by atoms with Gasteiger partial charge in [-0.1, -0.05) is 60.7 Å². The van der Waals surface area contributed by atoms with E-state index in [1.54, 1.807) is 48.5 Å². The van der Waals surface area contributed by atoms with Gasteiger partial charge in [0.1, 0.15) is 0 Å². The van der Waals surface area contributed by atoms with E-state index in [-0.39, 0.29) is 0 Å². The van der Waals surface area contributed by atoms with Gasteiger partial charge >= 0.3 is 11.9 Å². The number of hydrogen-bond acceptors (Lipinski definition) is 6. The Labute approximate surface area is 140 Å². The third-order valence-electron chi connectivity index (χ3n) is 3.08. The minimum Gasteiger partial charge on any atom is -0.467 e. The number of aliphatic hydroxyl groups is 2. The Morgan fingerprint density at radius 1 is 0.708 bits per heavy atom. The number of rotatable bonds is 4. The summed E-state index contributed by atoms with van der Waals surface area (Å²) >= 11 is 0. The van der Waals surface area contributed by atoms with Crippen LogP contribution >= 0.6 is 0 Å². The second kappa shape index (κ2) is 10.1. The molecule has 0 radical (unpaired) electrons. The van der Waals surface area contributed by atoms with E-state index in [4.69, 9.17) is 0 Å². The van der Waals surface area contributed by atoms with E-state index >= 15 is 0 Å². The standard InChI is InChI=1S/2C9H10O3/c2*1-12-9(11)8(10)7-5-3-2-4-6-7/h2*2-6,8,10H,1H3/t8-;/m1./s1. The lowest BCUT2D eigenvalue weighted by molar-refractivity contribution is -0.151. The lowest BCUT2D eigenvalue weighted by Crippen LogP contribution is -2.13. The number of methoxy groups -OCH3 is 2. The molecule has 0 saturated heterocycles. The largest absolute Gasteiger partial charge is 0.467 e. The number of benzene rings is 2. The van der Waals surface area contributed by atoms with Crippen molar-refractivity contribution in [3.63, 3.8) is 0 Å². The van der Waals surface area contributed by atoms with Crippen molar-refractivity contribution in [2.24, 2.45) is 0 Å². The van der Waals surface area contributed by atoms with E-state index in [0.717, 1.165) is 0 Å². The van der Waals surface area contributed by atoms with Gasteiger partial charge in [0.15, 0.2) is 12.2 Å². The molecular formula is C18H20O6. The predicted molar refractivity (Wildman–Crippen MR) is 86.8 cm³/mol. The minimum atomic E-state index is -1.17. The fourth-order valence-corrected chi connectivity index (χ4v) is 1.77. The quantitative estimate of drug-likeness (QED) is 0.829. The number of carbonyl (C=O) groups excluding carboxylic acids is 2. The second-order valence-corrected chi connectivity index (χ2v) is 4.67. The molecule has 2 aromatic carbocycles. The summed E-state index contributed by atoms with van der Waals surface area (Å²) in [6.07, 6.45) is -2.34. The molecule has 0 spiro atoms. The Hall–Kier alpha value is -2.70. The van der Waals surface area contributed by atoms with E-state index in [1.807, 2.05) is 12.1 Å². The van der Waals surface area contributed by atoms with Crippen molar-refractivity contribution in [1.82, 2.24) is 0 Å². The number of carbonyl (C=O) groups is 2. The highest BCUT2D eigenvalue weighted by atomic mass is 16.5. The summed E-state index contributed by atoms with van der Waals surface area (Å²) in [6, 6.07) is 17.3. The molecule has 128 valence electrons.